The topological polar surface area (TPSA) is 53.9 Å². The van der Waals surface area contributed by atoms with Gasteiger partial charge in [0.2, 0.25) is 0 Å². The fourth-order valence-electron chi connectivity index (χ4n) is 2.05. The van der Waals surface area contributed by atoms with Crippen LogP contribution in [-0.2, 0) is 13.1 Å². The first-order chi connectivity index (χ1) is 9.81. The van der Waals surface area contributed by atoms with Crippen molar-refractivity contribution in [2.75, 3.05) is 11.9 Å². The van der Waals surface area contributed by atoms with Crippen molar-refractivity contribution in [3.63, 3.8) is 0 Å². The Morgan fingerprint density at radius 3 is 2.90 bits per heavy atom. The van der Waals surface area contributed by atoms with E-state index in [4.69, 9.17) is 0 Å². The average Bonchev–Trinajstić information content (AvgIpc) is 3.31. The summed E-state index contributed by atoms with van der Waals surface area (Å²) in [6.45, 7) is 1.58. The quantitative estimate of drug-likeness (QED) is 0.866. The maximum atomic E-state index is 4.65. The Labute approximate surface area is 119 Å². The molecule has 3 rings (SSSR count). The SMILES string of the molecule is CN(Cc1cccnc1)c1cncc(CNC2CC2)n1. The van der Waals surface area contributed by atoms with Crippen molar-refractivity contribution in [1.82, 2.24) is 20.3 Å². The van der Waals surface area contributed by atoms with E-state index in [1.54, 1.807) is 12.4 Å². The zero-order chi connectivity index (χ0) is 13.8. The third kappa shape index (κ3) is 3.51. The minimum atomic E-state index is 0.688. The van der Waals surface area contributed by atoms with Crippen molar-refractivity contribution >= 4 is 5.82 Å². The summed E-state index contributed by atoms with van der Waals surface area (Å²) in [6.07, 6.45) is 9.87. The maximum absolute atomic E-state index is 4.65. The molecule has 104 valence electrons. The summed E-state index contributed by atoms with van der Waals surface area (Å²) in [4.78, 5) is 15.2. The molecule has 2 aromatic rings. The molecule has 0 saturated heterocycles. The zero-order valence-corrected chi connectivity index (χ0v) is 11.7. The van der Waals surface area contributed by atoms with Gasteiger partial charge in [-0.05, 0) is 24.5 Å². The van der Waals surface area contributed by atoms with Gasteiger partial charge in [-0.3, -0.25) is 9.97 Å². The highest BCUT2D eigenvalue weighted by Crippen LogP contribution is 2.19. The van der Waals surface area contributed by atoms with Crippen LogP contribution in [0.2, 0.25) is 0 Å². The number of anilines is 1. The number of nitrogens with zero attached hydrogens (tertiary/aromatic N) is 4. The predicted octanol–water partition coefficient (Wildman–Crippen LogP) is 1.76. The summed E-state index contributed by atoms with van der Waals surface area (Å²) in [6, 6.07) is 4.70. The van der Waals surface area contributed by atoms with Crippen LogP contribution in [0.1, 0.15) is 24.1 Å². The molecule has 5 nitrogen and oxygen atoms in total. The summed E-state index contributed by atoms with van der Waals surface area (Å²) in [7, 11) is 2.02. The van der Waals surface area contributed by atoms with Crippen molar-refractivity contribution in [2.24, 2.45) is 0 Å². The zero-order valence-electron chi connectivity index (χ0n) is 11.7. The molecule has 1 aliphatic rings. The Hall–Kier alpha value is -2.01. The van der Waals surface area contributed by atoms with Crippen LogP contribution in [0.25, 0.3) is 0 Å². The van der Waals surface area contributed by atoms with E-state index in [0.29, 0.717) is 6.04 Å². The molecule has 5 heteroatoms. The van der Waals surface area contributed by atoms with Gasteiger partial charge in [0.25, 0.3) is 0 Å². The van der Waals surface area contributed by atoms with E-state index in [0.717, 1.165) is 24.6 Å². The van der Waals surface area contributed by atoms with Gasteiger partial charge in [-0.15, -0.1) is 0 Å². The molecular formula is C15H19N5. The van der Waals surface area contributed by atoms with Crippen LogP contribution >= 0.6 is 0 Å². The Morgan fingerprint density at radius 2 is 2.15 bits per heavy atom. The summed E-state index contributed by atoms with van der Waals surface area (Å²) < 4.78 is 0. The summed E-state index contributed by atoms with van der Waals surface area (Å²) >= 11 is 0. The molecule has 20 heavy (non-hydrogen) atoms. The van der Waals surface area contributed by atoms with Crippen LogP contribution < -0.4 is 10.2 Å². The molecule has 0 unspecified atom stereocenters. The Balaban J connectivity index is 1.64. The largest absolute Gasteiger partial charge is 0.354 e. The number of rotatable bonds is 6. The molecule has 1 fully saturated rings. The van der Waals surface area contributed by atoms with Gasteiger partial charge in [0.1, 0.15) is 5.82 Å². The summed E-state index contributed by atoms with van der Waals surface area (Å²) in [5.41, 5.74) is 2.16. The Kier molecular flexibility index (Phi) is 3.87. The van der Waals surface area contributed by atoms with Crippen LogP contribution in [0, 0.1) is 0 Å². The van der Waals surface area contributed by atoms with Crippen LogP contribution in [0.15, 0.2) is 36.9 Å². The minimum absolute atomic E-state index is 0.688. The molecule has 0 bridgehead atoms. The molecular weight excluding hydrogens is 250 g/mol. The molecule has 0 radical (unpaired) electrons. The van der Waals surface area contributed by atoms with Crippen molar-refractivity contribution in [2.45, 2.75) is 32.0 Å². The molecule has 1 N–H and O–H groups in total. The molecule has 0 aliphatic heterocycles. The standard InChI is InChI=1S/C15H19N5/c1-20(11-12-3-2-6-16-7-12)15-10-17-8-14(19-15)9-18-13-4-5-13/h2-3,6-8,10,13,18H,4-5,9,11H2,1H3. The van der Waals surface area contributed by atoms with Crippen LogP contribution in [0.3, 0.4) is 0 Å². The second-order valence-corrected chi connectivity index (χ2v) is 5.24. The second kappa shape index (κ2) is 5.96. The van der Waals surface area contributed by atoms with Crippen molar-refractivity contribution in [3.8, 4) is 0 Å². The van der Waals surface area contributed by atoms with Gasteiger partial charge in [0.05, 0.1) is 11.9 Å². The van der Waals surface area contributed by atoms with Gasteiger partial charge in [-0.2, -0.15) is 0 Å². The van der Waals surface area contributed by atoms with Gasteiger partial charge < -0.3 is 10.2 Å². The lowest BCUT2D eigenvalue weighted by atomic mass is 10.3. The third-order valence-corrected chi connectivity index (χ3v) is 3.35. The average molecular weight is 269 g/mol. The molecule has 0 atom stereocenters. The molecule has 0 amide bonds. The van der Waals surface area contributed by atoms with E-state index < -0.39 is 0 Å². The highest BCUT2D eigenvalue weighted by atomic mass is 15.2. The number of aromatic nitrogens is 3. The van der Waals surface area contributed by atoms with E-state index in [2.05, 4.69) is 31.2 Å². The fourth-order valence-corrected chi connectivity index (χ4v) is 2.05. The van der Waals surface area contributed by atoms with Gasteiger partial charge in [-0.25, -0.2) is 4.98 Å². The maximum Gasteiger partial charge on any atom is 0.147 e. The van der Waals surface area contributed by atoms with Crippen LogP contribution in [0.4, 0.5) is 5.82 Å². The van der Waals surface area contributed by atoms with E-state index >= 15 is 0 Å². The highest BCUT2D eigenvalue weighted by Gasteiger charge is 2.20. The Morgan fingerprint density at radius 1 is 1.25 bits per heavy atom. The highest BCUT2D eigenvalue weighted by molar-refractivity contribution is 5.36. The van der Waals surface area contributed by atoms with Crippen LogP contribution in [0.5, 0.6) is 0 Å². The first-order valence-electron chi connectivity index (χ1n) is 6.95. The van der Waals surface area contributed by atoms with E-state index in [-0.39, 0.29) is 0 Å². The molecule has 0 spiro atoms. The minimum Gasteiger partial charge on any atom is -0.354 e. The van der Waals surface area contributed by atoms with Crippen molar-refractivity contribution in [1.29, 1.82) is 0 Å². The lowest BCUT2D eigenvalue weighted by Gasteiger charge is -2.18. The molecule has 1 saturated carbocycles. The fraction of sp³-hybridized carbons (Fsp3) is 0.400. The normalized spacial score (nSPS) is 14.2. The molecule has 0 aromatic carbocycles. The lowest BCUT2D eigenvalue weighted by Crippen LogP contribution is -2.20. The summed E-state index contributed by atoms with van der Waals surface area (Å²) in [5.74, 6) is 0.893. The first-order valence-corrected chi connectivity index (χ1v) is 6.95. The Bertz CT molecular complexity index is 553. The van der Waals surface area contributed by atoms with Gasteiger partial charge >= 0.3 is 0 Å². The number of pyridine rings is 1. The molecule has 2 heterocycles. The monoisotopic (exact) mass is 269 g/mol. The van der Waals surface area contributed by atoms with Gasteiger partial charge in [0, 0.05) is 44.8 Å². The predicted molar refractivity (Wildman–Crippen MR) is 78.2 cm³/mol. The number of hydrogen-bond donors (Lipinski definition) is 1. The van der Waals surface area contributed by atoms with E-state index in [1.165, 1.54) is 18.4 Å². The third-order valence-electron chi connectivity index (χ3n) is 3.35. The number of hydrogen-bond acceptors (Lipinski definition) is 5. The molecule has 1 aliphatic carbocycles. The summed E-state index contributed by atoms with van der Waals surface area (Å²) in [5, 5.41) is 3.46. The lowest BCUT2D eigenvalue weighted by molar-refractivity contribution is 0.670. The van der Waals surface area contributed by atoms with E-state index in [1.807, 2.05) is 25.5 Å². The van der Waals surface area contributed by atoms with Gasteiger partial charge in [-0.1, -0.05) is 6.07 Å². The van der Waals surface area contributed by atoms with E-state index in [9.17, 15) is 0 Å². The first kappa shape index (κ1) is 13.0. The van der Waals surface area contributed by atoms with Gasteiger partial charge in [0.15, 0.2) is 0 Å². The number of nitrogens with one attached hydrogen (secondary N) is 1. The van der Waals surface area contributed by atoms with Crippen molar-refractivity contribution in [3.05, 3.63) is 48.2 Å². The second-order valence-electron chi connectivity index (χ2n) is 5.24. The van der Waals surface area contributed by atoms with Crippen molar-refractivity contribution < 1.29 is 0 Å². The smallest absolute Gasteiger partial charge is 0.147 e. The molecule has 2 aromatic heterocycles. The van der Waals surface area contributed by atoms with Crippen LogP contribution in [-0.4, -0.2) is 28.0 Å².